The first-order valence-corrected chi connectivity index (χ1v) is 8.46. The smallest absolute Gasteiger partial charge is 0.151 e. The maximum absolute atomic E-state index is 6.19. The molecule has 0 aromatic carbocycles. The van der Waals surface area contributed by atoms with Crippen molar-refractivity contribution in [2.24, 2.45) is 16.5 Å². The Morgan fingerprint density at radius 2 is 2.13 bits per heavy atom. The highest BCUT2D eigenvalue weighted by atomic mass is 15.2. The van der Waals surface area contributed by atoms with Crippen molar-refractivity contribution in [1.29, 1.82) is 0 Å². The molecule has 6 N–H and O–H groups in total. The van der Waals surface area contributed by atoms with Crippen LogP contribution in [0.25, 0.3) is 0 Å². The van der Waals surface area contributed by atoms with E-state index >= 15 is 0 Å². The van der Waals surface area contributed by atoms with Crippen molar-refractivity contribution in [2.45, 2.75) is 64.6 Å². The van der Waals surface area contributed by atoms with Gasteiger partial charge in [0.15, 0.2) is 5.82 Å². The minimum atomic E-state index is 0.174. The number of anilines is 2. The summed E-state index contributed by atoms with van der Waals surface area (Å²) >= 11 is 0. The first kappa shape index (κ1) is 17.6. The third-order valence-corrected chi connectivity index (χ3v) is 4.35. The highest BCUT2D eigenvalue weighted by Gasteiger charge is 2.22. The van der Waals surface area contributed by atoms with Gasteiger partial charge < -0.3 is 22.1 Å². The fourth-order valence-electron chi connectivity index (χ4n) is 2.69. The number of nitrogens with one attached hydrogen (secondary N) is 2. The molecule has 128 valence electrons. The van der Waals surface area contributed by atoms with Crippen LogP contribution in [0.5, 0.6) is 0 Å². The molecule has 1 fully saturated rings. The molecule has 0 aliphatic heterocycles. The second kappa shape index (κ2) is 8.79. The number of rotatable bonds is 7. The summed E-state index contributed by atoms with van der Waals surface area (Å²) in [6.07, 6.45) is 5.49. The van der Waals surface area contributed by atoms with E-state index in [0.29, 0.717) is 13.2 Å². The lowest BCUT2D eigenvalue weighted by molar-refractivity contribution is 0.403. The lowest BCUT2D eigenvalue weighted by atomic mass is 9.91. The summed E-state index contributed by atoms with van der Waals surface area (Å²) in [6, 6.07) is 2.38. The Bertz CT molecular complexity index is 529. The second-order valence-corrected chi connectivity index (χ2v) is 6.08. The van der Waals surface area contributed by atoms with E-state index in [1.54, 1.807) is 0 Å². The SMILES string of the molecule is CCC(C)=NCNc1cc(NC2CCCCC2N)nnc1CN. The molecule has 0 saturated heterocycles. The highest BCUT2D eigenvalue weighted by Crippen LogP contribution is 2.22. The van der Waals surface area contributed by atoms with Gasteiger partial charge >= 0.3 is 0 Å². The quantitative estimate of drug-likeness (QED) is 0.570. The van der Waals surface area contributed by atoms with Crippen LogP contribution in [0.15, 0.2) is 11.1 Å². The zero-order valence-corrected chi connectivity index (χ0v) is 14.2. The molecule has 1 aliphatic rings. The van der Waals surface area contributed by atoms with Gasteiger partial charge in [0.2, 0.25) is 0 Å². The Kier molecular flexibility index (Phi) is 6.73. The summed E-state index contributed by atoms with van der Waals surface area (Å²) in [5.41, 5.74) is 14.7. The highest BCUT2D eigenvalue weighted by molar-refractivity contribution is 5.81. The summed E-state index contributed by atoms with van der Waals surface area (Å²) in [4.78, 5) is 4.45. The molecule has 0 radical (unpaired) electrons. The van der Waals surface area contributed by atoms with E-state index in [2.05, 4.69) is 32.7 Å². The fraction of sp³-hybridized carbons (Fsp3) is 0.688. The third kappa shape index (κ3) is 5.14. The third-order valence-electron chi connectivity index (χ3n) is 4.35. The van der Waals surface area contributed by atoms with Crippen molar-refractivity contribution >= 4 is 17.2 Å². The number of aromatic nitrogens is 2. The topological polar surface area (TPSA) is 114 Å². The molecule has 2 unspecified atom stereocenters. The lowest BCUT2D eigenvalue weighted by Gasteiger charge is -2.29. The maximum atomic E-state index is 6.19. The summed E-state index contributed by atoms with van der Waals surface area (Å²) < 4.78 is 0. The van der Waals surface area contributed by atoms with E-state index in [9.17, 15) is 0 Å². The molecule has 7 heteroatoms. The van der Waals surface area contributed by atoms with Crippen molar-refractivity contribution < 1.29 is 0 Å². The minimum Gasteiger partial charge on any atom is -0.365 e. The Balaban J connectivity index is 2.05. The number of nitrogens with two attached hydrogens (primary N) is 2. The summed E-state index contributed by atoms with van der Waals surface area (Å²) in [5.74, 6) is 0.739. The van der Waals surface area contributed by atoms with Crippen LogP contribution in [0, 0.1) is 0 Å². The van der Waals surface area contributed by atoms with Crippen molar-refractivity contribution in [3.63, 3.8) is 0 Å². The number of nitrogens with zero attached hydrogens (tertiary/aromatic N) is 3. The Morgan fingerprint density at radius 3 is 2.83 bits per heavy atom. The van der Waals surface area contributed by atoms with Gasteiger partial charge in [0.05, 0.1) is 11.4 Å². The van der Waals surface area contributed by atoms with Gasteiger partial charge in [-0.05, 0) is 26.2 Å². The average molecular weight is 319 g/mol. The molecule has 2 atom stereocenters. The second-order valence-electron chi connectivity index (χ2n) is 6.08. The van der Waals surface area contributed by atoms with E-state index in [1.165, 1.54) is 12.8 Å². The molecule has 0 amide bonds. The van der Waals surface area contributed by atoms with Gasteiger partial charge in [-0.1, -0.05) is 19.8 Å². The first-order chi connectivity index (χ1) is 11.1. The van der Waals surface area contributed by atoms with E-state index in [0.717, 1.165) is 42.2 Å². The summed E-state index contributed by atoms with van der Waals surface area (Å²) in [7, 11) is 0. The maximum Gasteiger partial charge on any atom is 0.151 e. The predicted octanol–water partition coefficient (Wildman–Crippen LogP) is 1.86. The molecule has 23 heavy (non-hydrogen) atoms. The van der Waals surface area contributed by atoms with Gasteiger partial charge in [0.25, 0.3) is 0 Å². The zero-order chi connectivity index (χ0) is 16.7. The summed E-state index contributed by atoms with van der Waals surface area (Å²) in [6.45, 7) is 4.97. The van der Waals surface area contributed by atoms with Crippen LogP contribution in [-0.2, 0) is 6.54 Å². The van der Waals surface area contributed by atoms with Gasteiger partial charge in [0, 0.05) is 30.4 Å². The molecule has 1 aromatic rings. The predicted molar refractivity (Wildman–Crippen MR) is 95.7 cm³/mol. The average Bonchev–Trinajstić information content (AvgIpc) is 2.57. The molecular weight excluding hydrogens is 290 g/mol. The van der Waals surface area contributed by atoms with Gasteiger partial charge in [-0.3, -0.25) is 4.99 Å². The molecular formula is C16H29N7. The van der Waals surface area contributed by atoms with Crippen LogP contribution in [0.3, 0.4) is 0 Å². The monoisotopic (exact) mass is 319 g/mol. The van der Waals surface area contributed by atoms with Crippen LogP contribution >= 0.6 is 0 Å². The standard InChI is InChI=1S/C16H29N7/c1-3-11(2)19-10-20-14-8-16(23-22-15(14)9-17)21-13-7-5-4-6-12(13)18/h8,12-13H,3-7,9-10,17-18H2,1-2H3,(H2,20,21,23). The van der Waals surface area contributed by atoms with Crippen molar-refractivity contribution in [3.05, 3.63) is 11.8 Å². The van der Waals surface area contributed by atoms with Gasteiger partial charge in [-0.2, -0.15) is 0 Å². The van der Waals surface area contributed by atoms with E-state index in [-0.39, 0.29) is 12.1 Å². The molecule has 1 heterocycles. The molecule has 0 bridgehead atoms. The molecule has 2 rings (SSSR count). The van der Waals surface area contributed by atoms with Crippen LogP contribution in [-0.4, -0.2) is 34.7 Å². The van der Waals surface area contributed by atoms with E-state index in [4.69, 9.17) is 11.5 Å². The Hall–Kier alpha value is -1.73. The van der Waals surface area contributed by atoms with Gasteiger partial charge in [-0.15, -0.1) is 10.2 Å². The van der Waals surface area contributed by atoms with E-state index in [1.807, 2.05) is 13.0 Å². The number of hydrogen-bond acceptors (Lipinski definition) is 7. The zero-order valence-electron chi connectivity index (χ0n) is 14.2. The van der Waals surface area contributed by atoms with Crippen LogP contribution in [0.4, 0.5) is 11.5 Å². The van der Waals surface area contributed by atoms with Crippen LogP contribution < -0.4 is 22.1 Å². The fourth-order valence-corrected chi connectivity index (χ4v) is 2.69. The van der Waals surface area contributed by atoms with E-state index < -0.39 is 0 Å². The Morgan fingerprint density at radius 1 is 1.35 bits per heavy atom. The Labute approximate surface area is 138 Å². The molecule has 7 nitrogen and oxygen atoms in total. The van der Waals surface area contributed by atoms with Crippen molar-refractivity contribution in [1.82, 2.24) is 10.2 Å². The largest absolute Gasteiger partial charge is 0.365 e. The molecule has 1 saturated carbocycles. The summed E-state index contributed by atoms with van der Waals surface area (Å²) in [5, 5.41) is 15.1. The molecule has 0 spiro atoms. The normalized spacial score (nSPS) is 22.0. The van der Waals surface area contributed by atoms with Gasteiger partial charge in [0.1, 0.15) is 6.67 Å². The molecule has 1 aliphatic carbocycles. The molecule has 1 aromatic heterocycles. The van der Waals surface area contributed by atoms with Crippen molar-refractivity contribution in [2.75, 3.05) is 17.3 Å². The van der Waals surface area contributed by atoms with Crippen LogP contribution in [0.1, 0.15) is 51.6 Å². The minimum absolute atomic E-state index is 0.174. The first-order valence-electron chi connectivity index (χ1n) is 8.46. The van der Waals surface area contributed by atoms with Gasteiger partial charge in [-0.25, -0.2) is 0 Å². The van der Waals surface area contributed by atoms with Crippen molar-refractivity contribution in [3.8, 4) is 0 Å². The number of hydrogen-bond donors (Lipinski definition) is 4. The lowest BCUT2D eigenvalue weighted by Crippen LogP contribution is -2.42. The number of aliphatic imine (C=N–C) groups is 1. The van der Waals surface area contributed by atoms with Crippen LogP contribution in [0.2, 0.25) is 0 Å².